The number of ether oxygens (including phenoxy) is 1. The molecule has 2 rings (SSSR count). The third-order valence-corrected chi connectivity index (χ3v) is 6.18. The lowest BCUT2D eigenvalue weighted by molar-refractivity contribution is 0.0753. The molecule has 0 spiro atoms. The smallest absolute Gasteiger partial charge is 0.0479 e. The Kier molecular flexibility index (Phi) is 4.43. The van der Waals surface area contributed by atoms with Crippen LogP contribution in [0.3, 0.4) is 0 Å². The molecule has 0 aromatic carbocycles. The highest BCUT2D eigenvalue weighted by Gasteiger charge is 2.37. The van der Waals surface area contributed by atoms with E-state index in [-0.39, 0.29) is 0 Å². The zero-order valence-corrected chi connectivity index (χ0v) is 12.4. The molecule has 1 saturated heterocycles. The van der Waals surface area contributed by atoms with Crippen LogP contribution in [0.5, 0.6) is 0 Å². The molecule has 1 aliphatic heterocycles. The second-order valence-corrected chi connectivity index (χ2v) is 7.59. The van der Waals surface area contributed by atoms with Crippen LogP contribution >= 0.6 is 11.8 Å². The number of thioether (sulfide) groups is 1. The van der Waals surface area contributed by atoms with Crippen molar-refractivity contribution in [1.82, 2.24) is 5.32 Å². The summed E-state index contributed by atoms with van der Waals surface area (Å²) in [6.45, 7) is 7.86. The summed E-state index contributed by atoms with van der Waals surface area (Å²) < 4.78 is 5.93. The van der Waals surface area contributed by atoms with Gasteiger partial charge in [-0.05, 0) is 37.4 Å². The molecule has 100 valence electrons. The Morgan fingerprint density at radius 3 is 2.47 bits per heavy atom. The lowest BCUT2D eigenvalue weighted by Gasteiger charge is -2.38. The Morgan fingerprint density at radius 1 is 1.24 bits per heavy atom. The Balaban J connectivity index is 1.87. The molecule has 17 heavy (non-hydrogen) atoms. The maximum atomic E-state index is 5.50. The molecule has 1 aliphatic carbocycles. The molecule has 1 atom stereocenters. The van der Waals surface area contributed by atoms with E-state index in [4.69, 9.17) is 4.74 Å². The van der Waals surface area contributed by atoms with Gasteiger partial charge in [0.2, 0.25) is 0 Å². The highest BCUT2D eigenvalue weighted by Crippen LogP contribution is 2.39. The standard InChI is InChI=1S/C14H27NOS/c1-13(2)6-4-5-12(13)15-11-14(17-3)7-9-16-10-8-14/h12,15H,4-11H2,1-3H3/t12-/m1/s1. The van der Waals surface area contributed by atoms with Crippen LogP contribution in [0.15, 0.2) is 0 Å². The maximum absolute atomic E-state index is 5.50. The molecular weight excluding hydrogens is 230 g/mol. The summed E-state index contributed by atoms with van der Waals surface area (Å²) in [4.78, 5) is 0. The fourth-order valence-electron chi connectivity index (χ4n) is 3.21. The average Bonchev–Trinajstić information content (AvgIpc) is 2.67. The quantitative estimate of drug-likeness (QED) is 0.836. The first-order chi connectivity index (χ1) is 8.08. The first kappa shape index (κ1) is 13.7. The van der Waals surface area contributed by atoms with Crippen LogP contribution in [0.2, 0.25) is 0 Å². The third kappa shape index (κ3) is 3.18. The summed E-state index contributed by atoms with van der Waals surface area (Å²) in [5.74, 6) is 0. The summed E-state index contributed by atoms with van der Waals surface area (Å²) in [5, 5.41) is 3.86. The number of hydrogen-bond donors (Lipinski definition) is 1. The highest BCUT2D eigenvalue weighted by molar-refractivity contribution is 8.00. The molecule has 2 fully saturated rings. The molecule has 0 aromatic rings. The predicted octanol–water partition coefficient (Wildman–Crippen LogP) is 3.07. The van der Waals surface area contributed by atoms with Gasteiger partial charge in [-0.15, -0.1) is 0 Å². The maximum Gasteiger partial charge on any atom is 0.0479 e. The van der Waals surface area contributed by atoms with Crippen molar-refractivity contribution in [3.63, 3.8) is 0 Å². The lowest BCUT2D eigenvalue weighted by atomic mass is 9.87. The normalized spacial score (nSPS) is 31.6. The number of rotatable bonds is 4. The van der Waals surface area contributed by atoms with Gasteiger partial charge in [-0.1, -0.05) is 20.3 Å². The lowest BCUT2D eigenvalue weighted by Crippen LogP contribution is -2.48. The monoisotopic (exact) mass is 257 g/mol. The van der Waals surface area contributed by atoms with Gasteiger partial charge in [-0.3, -0.25) is 0 Å². The van der Waals surface area contributed by atoms with Gasteiger partial charge in [-0.2, -0.15) is 11.8 Å². The van der Waals surface area contributed by atoms with Crippen LogP contribution in [-0.2, 0) is 4.74 Å². The molecule has 0 amide bonds. The Morgan fingerprint density at radius 2 is 1.94 bits per heavy atom. The van der Waals surface area contributed by atoms with Crippen LogP contribution in [0, 0.1) is 5.41 Å². The summed E-state index contributed by atoms with van der Waals surface area (Å²) in [7, 11) is 0. The van der Waals surface area contributed by atoms with Crippen LogP contribution < -0.4 is 5.32 Å². The zero-order chi connectivity index (χ0) is 12.4. The van der Waals surface area contributed by atoms with Crippen LogP contribution in [0.25, 0.3) is 0 Å². The molecule has 0 radical (unpaired) electrons. The summed E-state index contributed by atoms with van der Waals surface area (Å²) in [5.41, 5.74) is 0.491. The van der Waals surface area contributed by atoms with Crippen LogP contribution in [0.4, 0.5) is 0 Å². The van der Waals surface area contributed by atoms with Gasteiger partial charge in [0.1, 0.15) is 0 Å². The van der Waals surface area contributed by atoms with E-state index in [2.05, 4.69) is 25.4 Å². The highest BCUT2D eigenvalue weighted by atomic mass is 32.2. The van der Waals surface area contributed by atoms with E-state index in [1.54, 1.807) is 0 Å². The van der Waals surface area contributed by atoms with E-state index < -0.39 is 0 Å². The first-order valence-corrected chi connectivity index (χ1v) is 8.17. The van der Waals surface area contributed by atoms with E-state index in [9.17, 15) is 0 Å². The fraction of sp³-hybridized carbons (Fsp3) is 1.00. The molecule has 0 bridgehead atoms. The number of nitrogens with one attached hydrogen (secondary N) is 1. The minimum atomic E-state index is 0.428. The Labute approximate surface area is 110 Å². The molecule has 3 heteroatoms. The minimum absolute atomic E-state index is 0.428. The van der Waals surface area contributed by atoms with E-state index in [1.165, 1.54) is 32.1 Å². The van der Waals surface area contributed by atoms with Crippen molar-refractivity contribution < 1.29 is 4.74 Å². The summed E-state index contributed by atoms with van der Waals surface area (Å²) in [6.07, 6.45) is 8.78. The number of hydrogen-bond acceptors (Lipinski definition) is 3. The van der Waals surface area contributed by atoms with Gasteiger partial charge in [0, 0.05) is 30.5 Å². The Bertz CT molecular complexity index is 249. The summed E-state index contributed by atoms with van der Waals surface area (Å²) in [6, 6.07) is 0.717. The SMILES string of the molecule is CSC1(CN[C@@H]2CCCC2(C)C)CCOCC1. The topological polar surface area (TPSA) is 21.3 Å². The molecule has 0 aromatic heterocycles. The third-order valence-electron chi connectivity index (χ3n) is 4.76. The van der Waals surface area contributed by atoms with Gasteiger partial charge < -0.3 is 10.1 Å². The van der Waals surface area contributed by atoms with Gasteiger partial charge in [-0.25, -0.2) is 0 Å². The fourth-order valence-corrected chi connectivity index (χ4v) is 4.01. The molecule has 0 unspecified atom stereocenters. The van der Waals surface area contributed by atoms with E-state index in [1.807, 2.05) is 11.8 Å². The molecule has 1 saturated carbocycles. The van der Waals surface area contributed by atoms with Gasteiger partial charge in [0.15, 0.2) is 0 Å². The molecule has 1 N–H and O–H groups in total. The van der Waals surface area contributed by atoms with Gasteiger partial charge in [0.05, 0.1) is 0 Å². The molecule has 2 aliphatic rings. The van der Waals surface area contributed by atoms with Gasteiger partial charge in [0.25, 0.3) is 0 Å². The van der Waals surface area contributed by atoms with Crippen molar-refractivity contribution >= 4 is 11.8 Å². The predicted molar refractivity (Wildman–Crippen MR) is 75.7 cm³/mol. The molecular formula is C14H27NOS. The second kappa shape index (κ2) is 5.50. The van der Waals surface area contributed by atoms with Crippen molar-refractivity contribution in [2.45, 2.75) is 56.7 Å². The Hall–Kier alpha value is 0.270. The van der Waals surface area contributed by atoms with Crippen molar-refractivity contribution in [3.05, 3.63) is 0 Å². The zero-order valence-electron chi connectivity index (χ0n) is 11.6. The minimum Gasteiger partial charge on any atom is -0.381 e. The van der Waals surface area contributed by atoms with Crippen LogP contribution in [-0.4, -0.2) is 36.8 Å². The van der Waals surface area contributed by atoms with E-state index in [0.717, 1.165) is 25.8 Å². The largest absolute Gasteiger partial charge is 0.381 e. The van der Waals surface area contributed by atoms with Crippen LogP contribution in [0.1, 0.15) is 46.0 Å². The van der Waals surface area contributed by atoms with Gasteiger partial charge >= 0.3 is 0 Å². The van der Waals surface area contributed by atoms with Crippen molar-refractivity contribution in [3.8, 4) is 0 Å². The van der Waals surface area contributed by atoms with E-state index in [0.29, 0.717) is 10.2 Å². The average molecular weight is 257 g/mol. The molecule has 2 nitrogen and oxygen atoms in total. The first-order valence-electron chi connectivity index (χ1n) is 6.94. The van der Waals surface area contributed by atoms with Crippen molar-refractivity contribution in [2.24, 2.45) is 5.41 Å². The summed E-state index contributed by atoms with van der Waals surface area (Å²) >= 11 is 2.03. The van der Waals surface area contributed by atoms with Crippen molar-refractivity contribution in [2.75, 3.05) is 26.0 Å². The van der Waals surface area contributed by atoms with Crippen molar-refractivity contribution in [1.29, 1.82) is 0 Å². The second-order valence-electron chi connectivity index (χ2n) is 6.31. The molecule has 1 heterocycles. The van der Waals surface area contributed by atoms with E-state index >= 15 is 0 Å².